The van der Waals surface area contributed by atoms with E-state index in [9.17, 15) is 4.79 Å². The normalized spacial score (nSPS) is 20.2. The minimum absolute atomic E-state index is 0.0918. The van der Waals surface area contributed by atoms with Crippen molar-refractivity contribution in [1.29, 1.82) is 0 Å². The molecule has 0 saturated carbocycles. The van der Waals surface area contributed by atoms with Gasteiger partial charge >= 0.3 is 0 Å². The van der Waals surface area contributed by atoms with Crippen LogP contribution in [0.5, 0.6) is 0 Å². The van der Waals surface area contributed by atoms with Crippen LogP contribution in [0.3, 0.4) is 0 Å². The minimum Gasteiger partial charge on any atom is -0.368 e. The van der Waals surface area contributed by atoms with Gasteiger partial charge in [-0.1, -0.05) is 48.5 Å². The summed E-state index contributed by atoms with van der Waals surface area (Å²) in [6, 6.07) is 19.7. The molecule has 0 unspecified atom stereocenters. The third-order valence-electron chi connectivity index (χ3n) is 4.47. The summed E-state index contributed by atoms with van der Waals surface area (Å²) < 4.78 is 5.73. The van der Waals surface area contributed by atoms with Crippen molar-refractivity contribution in [3.05, 3.63) is 72.4 Å². The Balaban J connectivity index is 1.59. The molecule has 2 heterocycles. The van der Waals surface area contributed by atoms with E-state index in [0.29, 0.717) is 6.61 Å². The third kappa shape index (κ3) is 2.76. The molecule has 4 nitrogen and oxygen atoms in total. The van der Waals surface area contributed by atoms with Crippen LogP contribution in [0.15, 0.2) is 66.9 Å². The lowest BCUT2D eigenvalue weighted by Crippen LogP contribution is -2.31. The number of carbonyl (C=O) groups excluding carboxylic acids is 1. The first-order chi connectivity index (χ1) is 11.8. The van der Waals surface area contributed by atoms with Gasteiger partial charge in [0.15, 0.2) is 0 Å². The molecule has 1 fully saturated rings. The van der Waals surface area contributed by atoms with E-state index in [2.05, 4.69) is 22.4 Å². The molecule has 1 aromatic heterocycles. The van der Waals surface area contributed by atoms with Crippen LogP contribution in [-0.2, 0) is 9.53 Å². The number of ether oxygens (including phenoxy) is 1. The Hall–Kier alpha value is -2.72. The molecule has 120 valence electrons. The van der Waals surface area contributed by atoms with Crippen molar-refractivity contribution in [3.8, 4) is 0 Å². The average molecular weight is 318 g/mol. The van der Waals surface area contributed by atoms with Crippen LogP contribution in [0.25, 0.3) is 10.9 Å². The second kappa shape index (κ2) is 6.42. The molecule has 0 aliphatic carbocycles. The fourth-order valence-corrected chi connectivity index (χ4v) is 3.30. The molecular formula is C20H18N2O2. The highest BCUT2D eigenvalue weighted by Crippen LogP contribution is 2.32. The van der Waals surface area contributed by atoms with Crippen molar-refractivity contribution in [3.63, 3.8) is 0 Å². The second-order valence-corrected chi connectivity index (χ2v) is 5.97. The maximum atomic E-state index is 12.8. The number of nitrogens with one attached hydrogen (secondary N) is 1. The molecule has 1 N–H and O–H groups in total. The molecule has 1 aliphatic heterocycles. The molecule has 4 rings (SSSR count). The number of hydrogen-bond acceptors (Lipinski definition) is 3. The van der Waals surface area contributed by atoms with Gasteiger partial charge in [-0.2, -0.15) is 0 Å². The van der Waals surface area contributed by atoms with Crippen LogP contribution in [0, 0.1) is 0 Å². The first-order valence-corrected chi connectivity index (χ1v) is 8.14. The van der Waals surface area contributed by atoms with E-state index < -0.39 is 6.10 Å². The summed E-state index contributed by atoms with van der Waals surface area (Å²) in [5.74, 6) is -0.0198. The standard InChI is InChI=1S/C20H18N2O2/c23-20(19-16(11-13-24-19)14-6-2-1-3-7-14)22-17-10-4-8-15-9-5-12-21-18(15)17/h1-10,12,16,19H,11,13H2,(H,22,23)/t16-,19-/m1/s1. The van der Waals surface area contributed by atoms with Crippen LogP contribution >= 0.6 is 0 Å². The quantitative estimate of drug-likeness (QED) is 0.800. The summed E-state index contributed by atoms with van der Waals surface area (Å²) in [6.45, 7) is 0.603. The lowest BCUT2D eigenvalue weighted by atomic mass is 9.92. The van der Waals surface area contributed by atoms with Crippen molar-refractivity contribution in [2.24, 2.45) is 0 Å². The molecule has 1 amide bonds. The third-order valence-corrected chi connectivity index (χ3v) is 4.47. The fourth-order valence-electron chi connectivity index (χ4n) is 3.30. The number of fused-ring (bicyclic) bond motifs is 1. The Labute approximate surface area is 140 Å². The van der Waals surface area contributed by atoms with Crippen molar-refractivity contribution in [1.82, 2.24) is 4.98 Å². The van der Waals surface area contributed by atoms with Crippen LogP contribution in [0.4, 0.5) is 5.69 Å². The van der Waals surface area contributed by atoms with E-state index >= 15 is 0 Å². The number of benzene rings is 2. The van der Waals surface area contributed by atoms with Gasteiger partial charge in [0.25, 0.3) is 5.91 Å². The zero-order valence-corrected chi connectivity index (χ0v) is 13.2. The van der Waals surface area contributed by atoms with Gasteiger partial charge in [-0.25, -0.2) is 0 Å². The van der Waals surface area contributed by atoms with Crippen LogP contribution in [-0.4, -0.2) is 23.6 Å². The van der Waals surface area contributed by atoms with Crippen LogP contribution in [0.2, 0.25) is 0 Å². The number of para-hydroxylation sites is 1. The average Bonchev–Trinajstić information content (AvgIpc) is 3.13. The highest BCUT2D eigenvalue weighted by molar-refractivity contribution is 6.02. The van der Waals surface area contributed by atoms with Crippen LogP contribution < -0.4 is 5.32 Å². The fraction of sp³-hybridized carbons (Fsp3) is 0.200. The summed E-state index contributed by atoms with van der Waals surface area (Å²) in [5, 5.41) is 4.00. The van der Waals surface area contributed by atoms with Crippen LogP contribution in [0.1, 0.15) is 17.9 Å². The van der Waals surface area contributed by atoms with Gasteiger partial charge in [0, 0.05) is 24.1 Å². The Kier molecular flexibility index (Phi) is 3.97. The molecule has 4 heteroatoms. The summed E-state index contributed by atoms with van der Waals surface area (Å²) in [7, 11) is 0. The maximum Gasteiger partial charge on any atom is 0.254 e. The summed E-state index contributed by atoms with van der Waals surface area (Å²) in [5.41, 5.74) is 2.66. The molecule has 2 aromatic carbocycles. The number of nitrogens with zero attached hydrogens (tertiary/aromatic N) is 1. The van der Waals surface area contributed by atoms with Crippen molar-refractivity contribution < 1.29 is 9.53 Å². The minimum atomic E-state index is -0.466. The first-order valence-electron chi connectivity index (χ1n) is 8.14. The zero-order valence-electron chi connectivity index (χ0n) is 13.2. The van der Waals surface area contributed by atoms with Gasteiger partial charge in [-0.15, -0.1) is 0 Å². The summed E-state index contributed by atoms with van der Waals surface area (Å²) in [4.78, 5) is 17.2. The van der Waals surface area contributed by atoms with Crippen molar-refractivity contribution in [2.45, 2.75) is 18.4 Å². The largest absolute Gasteiger partial charge is 0.368 e. The number of aromatic nitrogens is 1. The number of amides is 1. The van der Waals surface area contributed by atoms with E-state index in [1.807, 2.05) is 48.5 Å². The number of rotatable bonds is 3. The number of anilines is 1. The lowest BCUT2D eigenvalue weighted by Gasteiger charge is -2.19. The topological polar surface area (TPSA) is 51.2 Å². The number of hydrogen-bond donors (Lipinski definition) is 1. The van der Waals surface area contributed by atoms with Gasteiger partial charge in [0.1, 0.15) is 6.10 Å². The Morgan fingerprint density at radius 1 is 1.04 bits per heavy atom. The molecule has 1 aliphatic rings. The smallest absolute Gasteiger partial charge is 0.254 e. The molecule has 0 radical (unpaired) electrons. The summed E-state index contributed by atoms with van der Waals surface area (Å²) in [6.07, 6.45) is 2.12. The van der Waals surface area contributed by atoms with E-state index in [0.717, 1.165) is 28.6 Å². The second-order valence-electron chi connectivity index (χ2n) is 5.97. The van der Waals surface area contributed by atoms with E-state index in [-0.39, 0.29) is 11.8 Å². The molecule has 2 atom stereocenters. The number of pyridine rings is 1. The first kappa shape index (κ1) is 14.8. The predicted octanol–water partition coefficient (Wildman–Crippen LogP) is 3.75. The van der Waals surface area contributed by atoms with Gasteiger partial charge in [-0.3, -0.25) is 9.78 Å². The summed E-state index contributed by atoms with van der Waals surface area (Å²) >= 11 is 0. The molecule has 0 bridgehead atoms. The molecular weight excluding hydrogens is 300 g/mol. The number of carbonyl (C=O) groups is 1. The van der Waals surface area contributed by atoms with Gasteiger partial charge in [-0.05, 0) is 24.1 Å². The molecule has 1 saturated heterocycles. The van der Waals surface area contributed by atoms with E-state index in [1.54, 1.807) is 6.20 Å². The van der Waals surface area contributed by atoms with Gasteiger partial charge in [0.05, 0.1) is 11.2 Å². The van der Waals surface area contributed by atoms with Gasteiger partial charge in [0.2, 0.25) is 0 Å². The molecule has 0 spiro atoms. The van der Waals surface area contributed by atoms with Crippen molar-refractivity contribution in [2.75, 3.05) is 11.9 Å². The van der Waals surface area contributed by atoms with Crippen molar-refractivity contribution >= 4 is 22.5 Å². The Morgan fingerprint density at radius 3 is 2.75 bits per heavy atom. The van der Waals surface area contributed by atoms with E-state index in [1.165, 1.54) is 0 Å². The molecule has 24 heavy (non-hydrogen) atoms. The SMILES string of the molecule is O=C(Nc1cccc2cccnc12)[C@@H]1OCC[C@@H]1c1ccccc1. The Bertz CT molecular complexity index is 858. The highest BCUT2D eigenvalue weighted by atomic mass is 16.5. The molecule has 3 aromatic rings. The predicted molar refractivity (Wildman–Crippen MR) is 93.9 cm³/mol. The zero-order chi connectivity index (χ0) is 16.4. The highest BCUT2D eigenvalue weighted by Gasteiger charge is 2.35. The maximum absolute atomic E-state index is 12.8. The lowest BCUT2D eigenvalue weighted by molar-refractivity contribution is -0.125. The Morgan fingerprint density at radius 2 is 1.88 bits per heavy atom. The monoisotopic (exact) mass is 318 g/mol. The van der Waals surface area contributed by atoms with E-state index in [4.69, 9.17) is 4.74 Å². The van der Waals surface area contributed by atoms with Gasteiger partial charge < -0.3 is 10.1 Å².